The lowest BCUT2D eigenvalue weighted by molar-refractivity contribution is -0.117. The molecular weight excluding hydrogens is 379 g/mol. The minimum atomic E-state index is -1.53. The number of amides is 1. The molecule has 4 nitrogen and oxygen atoms in total. The Balaban J connectivity index is 1.54. The number of halogens is 3. The van der Waals surface area contributed by atoms with Crippen LogP contribution in [0.3, 0.4) is 0 Å². The second-order valence-corrected chi connectivity index (χ2v) is 7.55. The third-order valence-electron chi connectivity index (χ3n) is 5.22. The van der Waals surface area contributed by atoms with Crippen LogP contribution < -0.4 is 5.32 Å². The summed E-state index contributed by atoms with van der Waals surface area (Å²) in [7, 11) is 0. The second-order valence-electron chi connectivity index (χ2n) is 7.55. The van der Waals surface area contributed by atoms with Gasteiger partial charge in [0.1, 0.15) is 0 Å². The van der Waals surface area contributed by atoms with Crippen molar-refractivity contribution in [3.63, 3.8) is 0 Å². The summed E-state index contributed by atoms with van der Waals surface area (Å²) in [6, 6.07) is 8.78. The van der Waals surface area contributed by atoms with E-state index in [0.29, 0.717) is 17.7 Å². The molecule has 0 spiro atoms. The van der Waals surface area contributed by atoms with Crippen LogP contribution in [0, 0.1) is 23.4 Å². The van der Waals surface area contributed by atoms with Crippen molar-refractivity contribution in [2.75, 3.05) is 5.32 Å². The minimum absolute atomic E-state index is 0.0923. The zero-order chi connectivity index (χ0) is 20.7. The standard InChI is InChI=1S/C22H20F3N3O/c1-12(2)28-11-13(10-26-28)16-9-17(16)22(29)27-19-6-4-3-5-14(19)15-7-8-18(23)21(25)20(15)24/h3-8,10-12,16-17H,9H2,1-2H3,(H,27,29). The number of benzene rings is 2. The second kappa shape index (κ2) is 7.39. The Bertz CT molecular complexity index is 1080. The van der Waals surface area contributed by atoms with Gasteiger partial charge in [-0.1, -0.05) is 18.2 Å². The zero-order valence-corrected chi connectivity index (χ0v) is 16.0. The zero-order valence-electron chi connectivity index (χ0n) is 16.0. The van der Waals surface area contributed by atoms with E-state index in [1.54, 1.807) is 30.5 Å². The molecule has 2 atom stereocenters. The van der Waals surface area contributed by atoms with Gasteiger partial charge in [0.05, 0.1) is 6.20 Å². The Morgan fingerprint density at radius 3 is 2.59 bits per heavy atom. The first-order valence-corrected chi connectivity index (χ1v) is 9.44. The van der Waals surface area contributed by atoms with Crippen LogP contribution in [0.1, 0.15) is 37.8 Å². The lowest BCUT2D eigenvalue weighted by atomic mass is 10.0. The van der Waals surface area contributed by atoms with Crippen LogP contribution in [-0.4, -0.2) is 15.7 Å². The van der Waals surface area contributed by atoms with Crippen molar-refractivity contribution >= 4 is 11.6 Å². The highest BCUT2D eigenvalue weighted by molar-refractivity contribution is 5.98. The van der Waals surface area contributed by atoms with Gasteiger partial charge in [-0.3, -0.25) is 9.48 Å². The van der Waals surface area contributed by atoms with Gasteiger partial charge >= 0.3 is 0 Å². The largest absolute Gasteiger partial charge is 0.325 e. The first-order valence-electron chi connectivity index (χ1n) is 9.44. The quantitative estimate of drug-likeness (QED) is 0.593. The van der Waals surface area contributed by atoms with E-state index in [-0.39, 0.29) is 29.3 Å². The number of rotatable bonds is 5. The highest BCUT2D eigenvalue weighted by Gasteiger charge is 2.44. The van der Waals surface area contributed by atoms with E-state index < -0.39 is 17.5 Å². The highest BCUT2D eigenvalue weighted by atomic mass is 19.2. The van der Waals surface area contributed by atoms with Crippen LogP contribution in [-0.2, 0) is 4.79 Å². The molecule has 0 bridgehead atoms. The van der Waals surface area contributed by atoms with Crippen molar-refractivity contribution in [1.29, 1.82) is 0 Å². The van der Waals surface area contributed by atoms with Gasteiger partial charge in [0.25, 0.3) is 0 Å². The fourth-order valence-electron chi connectivity index (χ4n) is 3.47. The van der Waals surface area contributed by atoms with Crippen LogP contribution in [0.5, 0.6) is 0 Å². The predicted octanol–water partition coefficient (Wildman–Crippen LogP) is 5.29. The van der Waals surface area contributed by atoms with Crippen molar-refractivity contribution in [1.82, 2.24) is 9.78 Å². The molecule has 2 aromatic carbocycles. The molecule has 3 aromatic rings. The number of nitrogens with one attached hydrogen (secondary N) is 1. The molecule has 1 N–H and O–H groups in total. The molecule has 1 aliphatic carbocycles. The molecule has 1 aromatic heterocycles. The molecule has 1 amide bonds. The summed E-state index contributed by atoms with van der Waals surface area (Å²) in [5, 5.41) is 7.12. The highest BCUT2D eigenvalue weighted by Crippen LogP contribution is 2.48. The first kappa shape index (κ1) is 19.2. The fraction of sp³-hybridized carbons (Fsp3) is 0.273. The molecule has 1 fully saturated rings. The molecule has 1 heterocycles. The summed E-state index contributed by atoms with van der Waals surface area (Å²) in [5.41, 5.74) is 1.55. The summed E-state index contributed by atoms with van der Waals surface area (Å²) in [5.74, 6) is -4.37. The molecule has 2 unspecified atom stereocenters. The van der Waals surface area contributed by atoms with E-state index in [4.69, 9.17) is 0 Å². The number of anilines is 1. The minimum Gasteiger partial charge on any atom is -0.325 e. The van der Waals surface area contributed by atoms with Gasteiger partial charge in [-0.25, -0.2) is 13.2 Å². The summed E-state index contributed by atoms with van der Waals surface area (Å²) in [6.07, 6.45) is 4.44. The van der Waals surface area contributed by atoms with E-state index in [9.17, 15) is 18.0 Å². The van der Waals surface area contributed by atoms with Crippen molar-refractivity contribution in [3.8, 4) is 11.1 Å². The predicted molar refractivity (Wildman–Crippen MR) is 104 cm³/mol. The van der Waals surface area contributed by atoms with Crippen molar-refractivity contribution in [3.05, 3.63) is 71.8 Å². The Hall–Kier alpha value is -3.09. The number of nitrogens with zero attached hydrogens (tertiary/aromatic N) is 2. The third-order valence-corrected chi connectivity index (χ3v) is 5.22. The van der Waals surface area contributed by atoms with Gasteiger partial charge in [0.15, 0.2) is 17.5 Å². The van der Waals surface area contributed by atoms with Crippen LogP contribution in [0.2, 0.25) is 0 Å². The normalized spacial score (nSPS) is 18.1. The lowest BCUT2D eigenvalue weighted by Crippen LogP contribution is -2.15. The maximum atomic E-state index is 14.3. The number of hydrogen-bond donors (Lipinski definition) is 1. The SMILES string of the molecule is CC(C)n1cc(C2CC2C(=O)Nc2ccccc2-c2ccc(F)c(F)c2F)cn1. The van der Waals surface area contributed by atoms with Gasteiger partial charge in [0, 0.05) is 35.0 Å². The van der Waals surface area contributed by atoms with Gasteiger partial charge in [0.2, 0.25) is 5.91 Å². The van der Waals surface area contributed by atoms with E-state index in [2.05, 4.69) is 10.4 Å². The van der Waals surface area contributed by atoms with Crippen molar-refractivity contribution < 1.29 is 18.0 Å². The summed E-state index contributed by atoms with van der Waals surface area (Å²) < 4.78 is 43.0. The summed E-state index contributed by atoms with van der Waals surface area (Å²) in [6.45, 7) is 4.06. The van der Waals surface area contributed by atoms with Crippen LogP contribution >= 0.6 is 0 Å². The molecule has 7 heteroatoms. The molecular formula is C22H20F3N3O. The van der Waals surface area contributed by atoms with Crippen LogP contribution in [0.25, 0.3) is 11.1 Å². The Morgan fingerprint density at radius 1 is 1.10 bits per heavy atom. The summed E-state index contributed by atoms with van der Waals surface area (Å²) >= 11 is 0. The van der Waals surface area contributed by atoms with E-state index >= 15 is 0 Å². The molecule has 1 aliphatic rings. The topological polar surface area (TPSA) is 46.9 Å². The van der Waals surface area contributed by atoms with E-state index in [1.165, 1.54) is 6.07 Å². The fourth-order valence-corrected chi connectivity index (χ4v) is 3.47. The monoisotopic (exact) mass is 399 g/mol. The number of carbonyl (C=O) groups is 1. The van der Waals surface area contributed by atoms with Gasteiger partial charge in [-0.05, 0) is 49.9 Å². The Kier molecular flexibility index (Phi) is 4.90. The van der Waals surface area contributed by atoms with Crippen LogP contribution in [0.4, 0.5) is 18.9 Å². The number of hydrogen-bond acceptors (Lipinski definition) is 2. The Labute approximate surface area is 166 Å². The molecule has 150 valence electrons. The molecule has 0 saturated heterocycles. The first-order chi connectivity index (χ1) is 13.9. The van der Waals surface area contributed by atoms with E-state index in [0.717, 1.165) is 11.6 Å². The average Bonchev–Trinajstić information content (AvgIpc) is 3.35. The van der Waals surface area contributed by atoms with Crippen LogP contribution in [0.15, 0.2) is 48.8 Å². The molecule has 0 radical (unpaired) electrons. The smallest absolute Gasteiger partial charge is 0.228 e. The van der Waals surface area contributed by atoms with Gasteiger partial charge in [-0.2, -0.15) is 5.10 Å². The Morgan fingerprint density at radius 2 is 1.86 bits per heavy atom. The molecule has 29 heavy (non-hydrogen) atoms. The molecule has 0 aliphatic heterocycles. The molecule has 4 rings (SSSR count). The summed E-state index contributed by atoms with van der Waals surface area (Å²) in [4.78, 5) is 12.7. The van der Waals surface area contributed by atoms with Gasteiger partial charge < -0.3 is 5.32 Å². The van der Waals surface area contributed by atoms with E-state index in [1.807, 2.05) is 24.7 Å². The number of para-hydroxylation sites is 1. The maximum Gasteiger partial charge on any atom is 0.228 e. The lowest BCUT2D eigenvalue weighted by Gasteiger charge is -2.12. The van der Waals surface area contributed by atoms with Gasteiger partial charge in [-0.15, -0.1) is 0 Å². The molecule has 1 saturated carbocycles. The maximum absolute atomic E-state index is 14.3. The van der Waals surface area contributed by atoms with Crippen molar-refractivity contribution in [2.45, 2.75) is 32.2 Å². The third kappa shape index (κ3) is 3.64. The van der Waals surface area contributed by atoms with Crippen molar-refractivity contribution in [2.24, 2.45) is 5.92 Å². The number of carbonyl (C=O) groups excluding carboxylic acids is 1. The average molecular weight is 399 g/mol. The number of aromatic nitrogens is 2.